The molecule has 0 saturated heterocycles. The van der Waals surface area contributed by atoms with E-state index >= 15 is 0 Å². The van der Waals surface area contributed by atoms with Crippen LogP contribution in [-0.2, 0) is 6.42 Å². The van der Waals surface area contributed by atoms with Crippen molar-refractivity contribution in [1.29, 1.82) is 0 Å². The number of fused-ring (bicyclic) bond motifs is 9. The van der Waals surface area contributed by atoms with Crippen LogP contribution in [0.3, 0.4) is 0 Å². The molecule has 0 bridgehead atoms. The molecule has 0 spiro atoms. The van der Waals surface area contributed by atoms with Gasteiger partial charge in [0.1, 0.15) is 0 Å². The number of allylic oxidation sites excluding steroid dienone is 3. The molecule has 2 atom stereocenters. The largest absolute Gasteiger partial charge is 0.333 e. The lowest BCUT2D eigenvalue weighted by Crippen LogP contribution is -2.28. The number of hydrogen-bond acceptors (Lipinski definition) is 1. The van der Waals surface area contributed by atoms with Crippen molar-refractivity contribution < 1.29 is 0 Å². The standard InChI is InChI=1S/C66H48N2/c1-3-15-49(16-4-1)65-57-41-35-47(29-27-45-31-37-51(38-32-45)67-61-23-11-7-19-53(61)54-20-8-12-24-62(54)67)43-59(57)60-44-48(36-42-58(60)66(65)50-17-5-2-6-18-50)30-28-46-33-39-52(40-34-46)68-63-25-13-9-21-55(63)56-22-10-14-26-64(56)68/h1-13,15-25,27-44,53,61H,14,26H2/b29-27+,30-28+. The van der Waals surface area contributed by atoms with Crippen LogP contribution in [0.4, 0.5) is 11.4 Å². The van der Waals surface area contributed by atoms with Gasteiger partial charge in [-0.2, -0.15) is 0 Å². The molecule has 10 aromatic rings. The Hall–Kier alpha value is -8.46. The third-order valence-electron chi connectivity index (χ3n) is 14.4. The summed E-state index contributed by atoms with van der Waals surface area (Å²) in [7, 11) is 0. The maximum atomic E-state index is 2.49. The fourth-order valence-corrected chi connectivity index (χ4v) is 11.2. The smallest absolute Gasteiger partial charge is 0.0629 e. The summed E-state index contributed by atoms with van der Waals surface area (Å²) in [6.45, 7) is 0. The van der Waals surface area contributed by atoms with Crippen molar-refractivity contribution in [1.82, 2.24) is 4.57 Å². The molecule has 2 heteroatoms. The normalized spacial score (nSPS) is 16.1. The van der Waals surface area contributed by atoms with E-state index in [1.807, 2.05) is 0 Å². The fourth-order valence-electron chi connectivity index (χ4n) is 11.2. The Morgan fingerprint density at radius 3 is 1.65 bits per heavy atom. The minimum absolute atomic E-state index is 0.289. The van der Waals surface area contributed by atoms with Crippen LogP contribution in [0, 0.1) is 0 Å². The molecule has 9 aromatic carbocycles. The zero-order chi connectivity index (χ0) is 45.0. The molecule has 0 amide bonds. The van der Waals surface area contributed by atoms with Crippen molar-refractivity contribution in [3.63, 3.8) is 0 Å². The number of anilines is 2. The molecular weight excluding hydrogens is 821 g/mol. The number of benzene rings is 9. The van der Waals surface area contributed by atoms with Crippen molar-refractivity contribution in [3.05, 3.63) is 264 Å². The van der Waals surface area contributed by atoms with E-state index in [0.717, 1.165) is 12.8 Å². The zero-order valence-corrected chi connectivity index (χ0v) is 37.7. The maximum absolute atomic E-state index is 2.49. The highest BCUT2D eigenvalue weighted by molar-refractivity contribution is 6.22. The molecule has 0 N–H and O–H groups in total. The first-order valence-electron chi connectivity index (χ1n) is 24.0. The zero-order valence-electron chi connectivity index (χ0n) is 37.7. The molecule has 2 aliphatic carbocycles. The molecule has 2 heterocycles. The number of nitrogens with zero attached hydrogens (tertiary/aromatic N) is 2. The van der Waals surface area contributed by atoms with Gasteiger partial charge in [0.2, 0.25) is 0 Å². The van der Waals surface area contributed by atoms with E-state index in [9.17, 15) is 0 Å². The number of para-hydroxylation sites is 2. The van der Waals surface area contributed by atoms with Crippen molar-refractivity contribution in [2.24, 2.45) is 0 Å². The van der Waals surface area contributed by atoms with Gasteiger partial charge in [-0.3, -0.25) is 0 Å². The quantitative estimate of drug-likeness (QED) is 0.109. The Kier molecular flexibility index (Phi) is 9.83. The highest BCUT2D eigenvalue weighted by atomic mass is 15.2. The Balaban J connectivity index is 0.876. The van der Waals surface area contributed by atoms with Crippen LogP contribution in [0.2, 0.25) is 0 Å². The van der Waals surface area contributed by atoms with Crippen LogP contribution in [0.1, 0.15) is 51.4 Å². The van der Waals surface area contributed by atoms with Gasteiger partial charge in [0, 0.05) is 39.6 Å². The average Bonchev–Trinajstić information content (AvgIpc) is 3.93. The summed E-state index contributed by atoms with van der Waals surface area (Å²) in [4.78, 5) is 2.49. The average molecular weight is 869 g/mol. The molecule has 0 fully saturated rings. The second kappa shape index (κ2) is 16.8. The first-order chi connectivity index (χ1) is 33.7. The van der Waals surface area contributed by atoms with E-state index in [1.165, 1.54) is 111 Å². The highest BCUT2D eigenvalue weighted by Crippen LogP contribution is 2.48. The topological polar surface area (TPSA) is 8.17 Å². The van der Waals surface area contributed by atoms with Crippen LogP contribution < -0.4 is 4.90 Å². The molecule has 1 aromatic heterocycles. The summed E-state index contributed by atoms with van der Waals surface area (Å²) >= 11 is 0. The van der Waals surface area contributed by atoms with Gasteiger partial charge < -0.3 is 9.47 Å². The fraction of sp³-hybridized carbons (Fsp3) is 0.0606. The van der Waals surface area contributed by atoms with Gasteiger partial charge in [0.05, 0.1) is 11.6 Å². The van der Waals surface area contributed by atoms with Crippen LogP contribution in [-0.4, -0.2) is 10.6 Å². The van der Waals surface area contributed by atoms with Gasteiger partial charge in [0.25, 0.3) is 0 Å². The third-order valence-corrected chi connectivity index (χ3v) is 14.4. The van der Waals surface area contributed by atoms with E-state index in [1.54, 1.807) is 0 Å². The summed E-state index contributed by atoms with van der Waals surface area (Å²) in [5.41, 5.74) is 18.8. The molecule has 1 aliphatic heterocycles. The molecule has 322 valence electrons. The predicted molar refractivity (Wildman–Crippen MR) is 291 cm³/mol. The van der Waals surface area contributed by atoms with Crippen molar-refractivity contribution in [2.75, 3.05) is 4.90 Å². The summed E-state index contributed by atoms with van der Waals surface area (Å²) in [5.74, 6) is 0.371. The van der Waals surface area contributed by atoms with Gasteiger partial charge in [-0.25, -0.2) is 0 Å². The van der Waals surface area contributed by atoms with Crippen LogP contribution in [0.5, 0.6) is 0 Å². The van der Waals surface area contributed by atoms with E-state index in [0.29, 0.717) is 5.92 Å². The number of rotatable bonds is 8. The van der Waals surface area contributed by atoms with Gasteiger partial charge in [0.15, 0.2) is 0 Å². The van der Waals surface area contributed by atoms with Crippen molar-refractivity contribution >= 4 is 74.2 Å². The molecule has 0 radical (unpaired) electrons. The lowest BCUT2D eigenvalue weighted by Gasteiger charge is -2.28. The van der Waals surface area contributed by atoms with Crippen LogP contribution in [0.25, 0.3) is 90.8 Å². The highest BCUT2D eigenvalue weighted by Gasteiger charge is 2.37. The minimum atomic E-state index is 0.289. The Morgan fingerprint density at radius 2 is 0.985 bits per heavy atom. The molecule has 2 unspecified atom stereocenters. The van der Waals surface area contributed by atoms with Crippen LogP contribution >= 0.6 is 0 Å². The van der Waals surface area contributed by atoms with E-state index in [2.05, 4.69) is 264 Å². The molecule has 68 heavy (non-hydrogen) atoms. The van der Waals surface area contributed by atoms with Crippen LogP contribution in [0.15, 0.2) is 225 Å². The molecule has 0 saturated carbocycles. The number of hydrogen-bond donors (Lipinski definition) is 0. The van der Waals surface area contributed by atoms with E-state index in [4.69, 9.17) is 0 Å². The van der Waals surface area contributed by atoms with Gasteiger partial charge in [-0.05, 0) is 133 Å². The predicted octanol–water partition coefficient (Wildman–Crippen LogP) is 17.3. The van der Waals surface area contributed by atoms with Gasteiger partial charge >= 0.3 is 0 Å². The summed E-state index contributed by atoms with van der Waals surface area (Å²) in [6.07, 6.45) is 24.8. The summed E-state index contributed by atoms with van der Waals surface area (Å²) < 4.78 is 2.46. The molecule has 3 aliphatic rings. The number of aromatic nitrogens is 1. The second-order valence-corrected chi connectivity index (χ2v) is 18.3. The lowest BCUT2D eigenvalue weighted by atomic mass is 9.84. The molecular formula is C66H48N2. The Bertz CT molecular complexity index is 3710. The Morgan fingerprint density at radius 1 is 0.441 bits per heavy atom. The SMILES string of the molecule is C1=CC2c3ccccc3N(c3ccc(/C=C/c4ccc5c(-c6ccccc6)c(-c6ccccc6)c6ccc(/C=C/c7ccc(-n8c9c(c%10ccccc%108)C=CCC9)cc7)cc6c5c4)cc3)C2C=C1. The monoisotopic (exact) mass is 868 g/mol. The van der Waals surface area contributed by atoms with E-state index < -0.39 is 0 Å². The Labute approximate surface area is 398 Å². The van der Waals surface area contributed by atoms with Crippen molar-refractivity contribution in [3.8, 4) is 27.9 Å². The molecule has 13 rings (SSSR count). The summed E-state index contributed by atoms with van der Waals surface area (Å²) in [5, 5.41) is 6.29. The maximum Gasteiger partial charge on any atom is 0.0629 e. The summed E-state index contributed by atoms with van der Waals surface area (Å²) in [6, 6.07) is 71.8. The van der Waals surface area contributed by atoms with Gasteiger partial charge in [-0.15, -0.1) is 0 Å². The van der Waals surface area contributed by atoms with Crippen molar-refractivity contribution in [2.45, 2.75) is 24.8 Å². The first-order valence-corrected chi connectivity index (χ1v) is 24.0. The minimum Gasteiger partial charge on any atom is -0.333 e. The third kappa shape index (κ3) is 6.88. The van der Waals surface area contributed by atoms with E-state index in [-0.39, 0.29) is 6.04 Å². The first kappa shape index (κ1) is 39.9. The molecule has 2 nitrogen and oxygen atoms in total. The van der Waals surface area contributed by atoms with Gasteiger partial charge in [-0.1, -0.05) is 206 Å². The second-order valence-electron chi connectivity index (χ2n) is 18.3. The lowest BCUT2D eigenvalue weighted by molar-refractivity contribution is 0.745.